The molecule has 4 rings (SSSR count). The van der Waals surface area contributed by atoms with Gasteiger partial charge < -0.3 is 15.0 Å². The SMILES string of the molecule is C=CC(=O)N1C[C@H](c2cc(Cl)nc(-c3ccnc(C(=O)NC)c3)c2)OC2(CC2)C1. The zero-order valence-electron chi connectivity index (χ0n) is 16.0. The molecule has 0 unspecified atom stereocenters. The molecule has 2 aromatic heterocycles. The summed E-state index contributed by atoms with van der Waals surface area (Å²) in [6.07, 6.45) is 4.44. The first-order valence-electron chi connectivity index (χ1n) is 9.38. The van der Waals surface area contributed by atoms with Crippen LogP contribution in [0.3, 0.4) is 0 Å². The number of pyridine rings is 2. The number of halogens is 1. The third-order valence-corrected chi connectivity index (χ3v) is 5.45. The molecule has 2 aliphatic rings. The number of carbonyl (C=O) groups excluding carboxylic acids is 2. The normalized spacial score (nSPS) is 19.7. The van der Waals surface area contributed by atoms with Gasteiger partial charge in [0.2, 0.25) is 5.91 Å². The van der Waals surface area contributed by atoms with Crippen LogP contribution in [0.2, 0.25) is 5.15 Å². The highest BCUT2D eigenvalue weighted by Gasteiger charge is 2.51. The zero-order valence-corrected chi connectivity index (χ0v) is 16.8. The van der Waals surface area contributed by atoms with Crippen molar-refractivity contribution in [1.82, 2.24) is 20.2 Å². The van der Waals surface area contributed by atoms with Gasteiger partial charge in [-0.1, -0.05) is 18.2 Å². The third kappa shape index (κ3) is 4.02. The number of aromatic nitrogens is 2. The van der Waals surface area contributed by atoms with Gasteiger partial charge in [0.25, 0.3) is 5.91 Å². The Morgan fingerprint density at radius 2 is 2.17 bits per heavy atom. The van der Waals surface area contributed by atoms with E-state index in [2.05, 4.69) is 21.9 Å². The van der Waals surface area contributed by atoms with Crippen molar-refractivity contribution in [2.45, 2.75) is 24.5 Å². The topological polar surface area (TPSA) is 84.4 Å². The van der Waals surface area contributed by atoms with E-state index < -0.39 is 0 Å². The summed E-state index contributed by atoms with van der Waals surface area (Å²) in [5.41, 5.74) is 2.19. The number of carbonyl (C=O) groups is 2. The fourth-order valence-corrected chi connectivity index (χ4v) is 3.78. The molecule has 2 aromatic rings. The summed E-state index contributed by atoms with van der Waals surface area (Å²) in [5, 5.41) is 2.87. The van der Waals surface area contributed by atoms with Crippen molar-refractivity contribution in [3.8, 4) is 11.3 Å². The van der Waals surface area contributed by atoms with Crippen LogP contribution in [0.5, 0.6) is 0 Å². The minimum atomic E-state index is -0.311. The Morgan fingerprint density at radius 1 is 1.38 bits per heavy atom. The number of rotatable bonds is 4. The molecular weight excluding hydrogens is 392 g/mol. The Labute approximate surface area is 173 Å². The van der Waals surface area contributed by atoms with Gasteiger partial charge in [0.1, 0.15) is 17.0 Å². The first-order valence-corrected chi connectivity index (χ1v) is 9.76. The number of nitrogens with zero attached hydrogens (tertiary/aromatic N) is 3. The molecular formula is C21H21ClN4O3. The van der Waals surface area contributed by atoms with Gasteiger partial charge in [-0.05, 0) is 48.7 Å². The summed E-state index contributed by atoms with van der Waals surface area (Å²) in [5.74, 6) is -0.381. The van der Waals surface area contributed by atoms with Gasteiger partial charge in [0.05, 0.1) is 24.4 Å². The number of morpholine rings is 1. The van der Waals surface area contributed by atoms with Crippen molar-refractivity contribution in [1.29, 1.82) is 0 Å². The molecule has 1 aliphatic heterocycles. The number of amides is 2. The Morgan fingerprint density at radius 3 is 2.86 bits per heavy atom. The number of ether oxygens (including phenoxy) is 1. The largest absolute Gasteiger partial charge is 0.363 e. The van der Waals surface area contributed by atoms with Gasteiger partial charge in [0, 0.05) is 18.8 Å². The summed E-state index contributed by atoms with van der Waals surface area (Å²) in [6.45, 7) is 4.60. The summed E-state index contributed by atoms with van der Waals surface area (Å²) in [4.78, 5) is 34.4. The van der Waals surface area contributed by atoms with Crippen LogP contribution >= 0.6 is 11.6 Å². The highest BCUT2D eigenvalue weighted by molar-refractivity contribution is 6.29. The maximum Gasteiger partial charge on any atom is 0.269 e. The Kier molecular flexibility index (Phi) is 5.10. The Balaban J connectivity index is 1.67. The second-order valence-corrected chi connectivity index (χ2v) is 7.72. The standard InChI is InChI=1S/C21H21ClN4O3/c1-3-19(27)26-11-17(29-21(12-26)5-6-21)14-9-15(25-18(22)10-14)13-4-7-24-16(8-13)20(28)23-2/h3-4,7-10,17H,1,5-6,11-12H2,2H3,(H,23,28)/t17-/m1/s1. The first kappa shape index (κ1) is 19.5. The van der Waals surface area contributed by atoms with Crippen LogP contribution < -0.4 is 5.32 Å². The van der Waals surface area contributed by atoms with Crippen LogP contribution in [0.1, 0.15) is 35.0 Å². The van der Waals surface area contributed by atoms with Crippen molar-refractivity contribution in [3.05, 3.63) is 59.5 Å². The van der Waals surface area contributed by atoms with E-state index in [-0.39, 0.29) is 23.5 Å². The molecule has 0 bridgehead atoms. The molecule has 1 aliphatic carbocycles. The van der Waals surface area contributed by atoms with Gasteiger partial charge in [-0.3, -0.25) is 14.6 Å². The lowest BCUT2D eigenvalue weighted by molar-refractivity contribution is -0.145. The zero-order chi connectivity index (χ0) is 20.6. The molecule has 2 amide bonds. The lowest BCUT2D eigenvalue weighted by atomic mass is 10.0. The maximum absolute atomic E-state index is 12.2. The molecule has 2 fully saturated rings. The van der Waals surface area contributed by atoms with Crippen LogP contribution in [0.15, 0.2) is 43.1 Å². The average Bonchev–Trinajstić information content (AvgIpc) is 3.49. The van der Waals surface area contributed by atoms with E-state index in [1.165, 1.54) is 6.08 Å². The van der Waals surface area contributed by atoms with Crippen molar-refractivity contribution >= 4 is 23.4 Å². The first-order chi connectivity index (χ1) is 13.9. The van der Waals surface area contributed by atoms with Crippen molar-refractivity contribution in [2.24, 2.45) is 0 Å². The number of hydrogen-bond donors (Lipinski definition) is 1. The summed E-state index contributed by atoms with van der Waals surface area (Å²) >= 11 is 6.30. The quantitative estimate of drug-likeness (QED) is 0.616. The highest BCUT2D eigenvalue weighted by atomic mass is 35.5. The molecule has 1 saturated carbocycles. The highest BCUT2D eigenvalue weighted by Crippen LogP contribution is 2.47. The third-order valence-electron chi connectivity index (χ3n) is 5.26. The second-order valence-electron chi connectivity index (χ2n) is 7.33. The molecule has 3 heterocycles. The molecule has 1 spiro atoms. The molecule has 1 N–H and O–H groups in total. The predicted octanol–water partition coefficient (Wildman–Crippen LogP) is 2.78. The van der Waals surface area contributed by atoms with Crippen LogP contribution in [-0.4, -0.2) is 52.4 Å². The van der Waals surface area contributed by atoms with Crippen molar-refractivity contribution in [2.75, 3.05) is 20.1 Å². The molecule has 1 atom stereocenters. The Bertz CT molecular complexity index is 990. The van der Waals surface area contributed by atoms with Crippen molar-refractivity contribution < 1.29 is 14.3 Å². The molecule has 8 heteroatoms. The van der Waals surface area contributed by atoms with E-state index in [1.54, 1.807) is 36.3 Å². The van der Waals surface area contributed by atoms with Gasteiger partial charge in [0.15, 0.2) is 0 Å². The van der Waals surface area contributed by atoms with E-state index >= 15 is 0 Å². The van der Waals surface area contributed by atoms with E-state index in [0.29, 0.717) is 29.6 Å². The minimum absolute atomic E-state index is 0.102. The predicted molar refractivity (Wildman–Crippen MR) is 108 cm³/mol. The smallest absolute Gasteiger partial charge is 0.269 e. The minimum Gasteiger partial charge on any atom is -0.363 e. The maximum atomic E-state index is 12.2. The number of hydrogen-bond acceptors (Lipinski definition) is 5. The summed E-state index contributed by atoms with van der Waals surface area (Å²) in [7, 11) is 1.55. The van der Waals surface area contributed by atoms with Crippen LogP contribution in [0.25, 0.3) is 11.3 Å². The van der Waals surface area contributed by atoms with Crippen LogP contribution in [0.4, 0.5) is 0 Å². The molecule has 29 heavy (non-hydrogen) atoms. The lowest BCUT2D eigenvalue weighted by Gasteiger charge is -2.38. The summed E-state index contributed by atoms with van der Waals surface area (Å²) < 4.78 is 6.33. The van der Waals surface area contributed by atoms with Gasteiger partial charge in [-0.25, -0.2) is 4.98 Å². The molecule has 150 valence electrons. The van der Waals surface area contributed by atoms with E-state index in [4.69, 9.17) is 16.3 Å². The Hall–Kier alpha value is -2.77. The summed E-state index contributed by atoms with van der Waals surface area (Å²) in [6, 6.07) is 7.08. The molecule has 7 nitrogen and oxygen atoms in total. The van der Waals surface area contributed by atoms with Gasteiger partial charge in [-0.2, -0.15) is 0 Å². The lowest BCUT2D eigenvalue weighted by Crippen LogP contribution is -2.47. The molecule has 0 aromatic carbocycles. The molecule has 1 saturated heterocycles. The van der Waals surface area contributed by atoms with Crippen molar-refractivity contribution in [3.63, 3.8) is 0 Å². The van der Waals surface area contributed by atoms with Gasteiger partial charge >= 0.3 is 0 Å². The fourth-order valence-electron chi connectivity index (χ4n) is 3.57. The van der Waals surface area contributed by atoms with Gasteiger partial charge in [-0.15, -0.1) is 0 Å². The second kappa shape index (κ2) is 7.57. The van der Waals surface area contributed by atoms with Crippen LogP contribution in [-0.2, 0) is 9.53 Å². The van der Waals surface area contributed by atoms with Crippen LogP contribution in [0, 0.1) is 0 Å². The monoisotopic (exact) mass is 412 g/mol. The van der Waals surface area contributed by atoms with E-state index in [0.717, 1.165) is 24.0 Å². The average molecular weight is 413 g/mol. The van der Waals surface area contributed by atoms with E-state index in [9.17, 15) is 9.59 Å². The number of nitrogens with one attached hydrogen (secondary N) is 1. The molecule has 0 radical (unpaired) electrons. The fraction of sp³-hybridized carbons (Fsp3) is 0.333. The van der Waals surface area contributed by atoms with E-state index in [1.807, 2.05) is 6.07 Å².